The molecule has 0 saturated carbocycles. The van der Waals surface area contributed by atoms with Crippen LogP contribution < -0.4 is 4.74 Å². The minimum atomic E-state index is -0.851. The molecule has 1 nitrogen and oxygen atoms in total. The number of hydrogen-bond acceptors (Lipinski definition) is 1. The van der Waals surface area contributed by atoms with Gasteiger partial charge in [0.2, 0.25) is 0 Å². The van der Waals surface area contributed by atoms with Gasteiger partial charge in [0.1, 0.15) is 5.82 Å². The predicted octanol–water partition coefficient (Wildman–Crippen LogP) is 8.18. The van der Waals surface area contributed by atoms with Crippen LogP contribution in [0.25, 0.3) is 22.3 Å². The molecule has 0 aliphatic rings. The lowest BCUT2D eigenvalue weighted by Gasteiger charge is -2.13. The summed E-state index contributed by atoms with van der Waals surface area (Å²) in [7, 11) is 0. The van der Waals surface area contributed by atoms with Crippen LogP contribution in [0.5, 0.6) is 5.75 Å². The summed E-state index contributed by atoms with van der Waals surface area (Å²) in [6.07, 6.45) is 0.909. The summed E-state index contributed by atoms with van der Waals surface area (Å²) in [5.74, 6) is -2.30. The lowest BCUT2D eigenvalue weighted by atomic mass is 9.92. The molecule has 0 saturated heterocycles. The fourth-order valence-electron chi connectivity index (χ4n) is 4.01. The van der Waals surface area contributed by atoms with Crippen molar-refractivity contribution in [2.45, 2.75) is 26.2 Å². The first-order valence-electron chi connectivity index (χ1n) is 11.0. The second-order valence-electron chi connectivity index (χ2n) is 8.11. The molecular formula is C29H25F3O. The summed E-state index contributed by atoms with van der Waals surface area (Å²) in [5, 5.41) is 0. The Kier molecular flexibility index (Phi) is 6.83. The SMILES string of the molecule is CCOc1c(F)cc(-c2ccc(-c3ccc(C[C@H](C)c4ccccc4)cc3)cc2F)cc1F. The van der Waals surface area contributed by atoms with Crippen molar-refractivity contribution in [2.24, 2.45) is 0 Å². The summed E-state index contributed by atoms with van der Waals surface area (Å²) < 4.78 is 48.3. The van der Waals surface area contributed by atoms with Gasteiger partial charge in [-0.05, 0) is 65.3 Å². The van der Waals surface area contributed by atoms with Gasteiger partial charge in [-0.2, -0.15) is 0 Å². The molecule has 1 atom stereocenters. The molecule has 0 amide bonds. The second kappa shape index (κ2) is 9.95. The maximum atomic E-state index is 14.9. The van der Waals surface area contributed by atoms with E-state index in [9.17, 15) is 13.2 Å². The average Bonchev–Trinajstić information content (AvgIpc) is 2.82. The minimum absolute atomic E-state index is 0.128. The van der Waals surface area contributed by atoms with Crippen LogP contribution in [0.15, 0.2) is 84.9 Å². The first kappa shape index (κ1) is 22.7. The molecule has 0 radical (unpaired) electrons. The number of halogens is 3. The zero-order valence-corrected chi connectivity index (χ0v) is 18.6. The maximum Gasteiger partial charge on any atom is 0.190 e. The van der Waals surface area contributed by atoms with E-state index in [1.165, 1.54) is 17.2 Å². The van der Waals surface area contributed by atoms with Gasteiger partial charge in [0.05, 0.1) is 6.61 Å². The van der Waals surface area contributed by atoms with E-state index >= 15 is 0 Å². The molecule has 0 spiro atoms. The van der Waals surface area contributed by atoms with Crippen LogP contribution in [0, 0.1) is 17.5 Å². The molecule has 0 fully saturated rings. The molecule has 0 aliphatic carbocycles. The van der Waals surface area contributed by atoms with Crippen molar-refractivity contribution in [3.8, 4) is 28.0 Å². The number of benzene rings is 4. The minimum Gasteiger partial charge on any atom is -0.488 e. The van der Waals surface area contributed by atoms with Gasteiger partial charge in [-0.25, -0.2) is 13.2 Å². The monoisotopic (exact) mass is 446 g/mol. The number of ether oxygens (including phenoxy) is 1. The lowest BCUT2D eigenvalue weighted by Crippen LogP contribution is -1.99. The molecule has 4 rings (SSSR count). The molecule has 4 aromatic carbocycles. The van der Waals surface area contributed by atoms with E-state index in [1.807, 2.05) is 30.3 Å². The van der Waals surface area contributed by atoms with Gasteiger partial charge >= 0.3 is 0 Å². The molecule has 4 heteroatoms. The van der Waals surface area contributed by atoms with Gasteiger partial charge in [0.15, 0.2) is 17.4 Å². The third-order valence-electron chi connectivity index (χ3n) is 5.76. The summed E-state index contributed by atoms with van der Waals surface area (Å²) >= 11 is 0. The Bertz CT molecular complexity index is 1210. The van der Waals surface area contributed by atoms with E-state index in [0.717, 1.165) is 24.1 Å². The normalized spacial score (nSPS) is 11.9. The van der Waals surface area contributed by atoms with Crippen LogP contribution in [0.4, 0.5) is 13.2 Å². The number of rotatable bonds is 7. The van der Waals surface area contributed by atoms with Crippen LogP contribution in [0.1, 0.15) is 30.9 Å². The summed E-state index contributed by atoms with van der Waals surface area (Å²) in [4.78, 5) is 0. The predicted molar refractivity (Wildman–Crippen MR) is 127 cm³/mol. The highest BCUT2D eigenvalue weighted by Crippen LogP contribution is 2.33. The van der Waals surface area contributed by atoms with Crippen molar-refractivity contribution in [3.05, 3.63) is 114 Å². The molecule has 168 valence electrons. The second-order valence-corrected chi connectivity index (χ2v) is 8.11. The fraction of sp³-hybridized carbons (Fsp3) is 0.172. The van der Waals surface area contributed by atoms with Crippen molar-refractivity contribution >= 4 is 0 Å². The third kappa shape index (κ3) is 5.11. The van der Waals surface area contributed by atoms with E-state index in [0.29, 0.717) is 11.5 Å². The molecule has 0 bridgehead atoms. The molecule has 0 heterocycles. The lowest BCUT2D eigenvalue weighted by molar-refractivity contribution is 0.303. The Balaban J connectivity index is 1.53. The Morgan fingerprint density at radius 3 is 1.91 bits per heavy atom. The van der Waals surface area contributed by atoms with Crippen molar-refractivity contribution in [3.63, 3.8) is 0 Å². The Labute approximate surface area is 192 Å². The standard InChI is InChI=1S/C29H25F3O/c1-3-33-29-27(31)17-24(18-28(29)32)25-14-13-23(16-26(25)30)22-11-9-20(10-12-22)15-19(2)21-7-5-4-6-8-21/h4-14,16-19H,3,15H2,1-2H3/t19-/m0/s1. The van der Waals surface area contributed by atoms with Crippen LogP contribution in [-0.4, -0.2) is 6.61 Å². The van der Waals surface area contributed by atoms with Crippen LogP contribution in [-0.2, 0) is 6.42 Å². The molecule has 0 aliphatic heterocycles. The van der Waals surface area contributed by atoms with Crippen molar-refractivity contribution in [1.82, 2.24) is 0 Å². The fourth-order valence-corrected chi connectivity index (χ4v) is 4.01. The van der Waals surface area contributed by atoms with Gasteiger partial charge in [0, 0.05) is 5.56 Å². The Morgan fingerprint density at radius 1 is 0.697 bits per heavy atom. The van der Waals surface area contributed by atoms with Crippen LogP contribution >= 0.6 is 0 Å². The van der Waals surface area contributed by atoms with Gasteiger partial charge < -0.3 is 4.74 Å². The highest BCUT2D eigenvalue weighted by atomic mass is 19.1. The van der Waals surface area contributed by atoms with Gasteiger partial charge in [-0.3, -0.25) is 0 Å². The molecule has 0 unspecified atom stereocenters. The summed E-state index contributed by atoms with van der Waals surface area (Å²) in [6, 6.07) is 25.3. The zero-order valence-electron chi connectivity index (χ0n) is 18.6. The summed E-state index contributed by atoms with van der Waals surface area (Å²) in [6.45, 7) is 3.98. The molecule has 0 aromatic heterocycles. The largest absolute Gasteiger partial charge is 0.488 e. The Hall–Kier alpha value is -3.53. The molecule has 0 N–H and O–H groups in total. The Morgan fingerprint density at radius 2 is 1.30 bits per heavy atom. The van der Waals surface area contributed by atoms with Crippen LogP contribution in [0.3, 0.4) is 0 Å². The summed E-state index contributed by atoms with van der Waals surface area (Å²) in [5.41, 5.74) is 4.33. The first-order chi connectivity index (χ1) is 16.0. The van der Waals surface area contributed by atoms with E-state index in [1.54, 1.807) is 19.1 Å². The zero-order chi connectivity index (χ0) is 23.4. The highest BCUT2D eigenvalue weighted by molar-refractivity contribution is 5.71. The third-order valence-corrected chi connectivity index (χ3v) is 5.76. The molecule has 33 heavy (non-hydrogen) atoms. The van der Waals surface area contributed by atoms with Crippen LogP contribution in [0.2, 0.25) is 0 Å². The number of hydrogen-bond donors (Lipinski definition) is 0. The average molecular weight is 447 g/mol. The van der Waals surface area contributed by atoms with E-state index < -0.39 is 23.2 Å². The van der Waals surface area contributed by atoms with E-state index in [4.69, 9.17) is 4.74 Å². The van der Waals surface area contributed by atoms with E-state index in [-0.39, 0.29) is 17.7 Å². The first-order valence-corrected chi connectivity index (χ1v) is 11.0. The van der Waals surface area contributed by atoms with Gasteiger partial charge in [-0.1, -0.05) is 73.7 Å². The highest BCUT2D eigenvalue weighted by Gasteiger charge is 2.16. The maximum absolute atomic E-state index is 14.9. The quantitative estimate of drug-likeness (QED) is 0.278. The van der Waals surface area contributed by atoms with Crippen molar-refractivity contribution in [1.29, 1.82) is 0 Å². The smallest absolute Gasteiger partial charge is 0.190 e. The van der Waals surface area contributed by atoms with Crippen molar-refractivity contribution < 1.29 is 17.9 Å². The molecule has 4 aromatic rings. The molecular weight excluding hydrogens is 421 g/mol. The van der Waals surface area contributed by atoms with E-state index in [2.05, 4.69) is 31.2 Å². The van der Waals surface area contributed by atoms with Crippen molar-refractivity contribution in [2.75, 3.05) is 6.61 Å². The topological polar surface area (TPSA) is 9.23 Å². The van der Waals surface area contributed by atoms with Gasteiger partial charge in [-0.15, -0.1) is 0 Å². The van der Waals surface area contributed by atoms with Gasteiger partial charge in [0.25, 0.3) is 0 Å².